The number of carbonyl (C=O) groups excluding carboxylic acids is 1. The van der Waals surface area contributed by atoms with Crippen molar-refractivity contribution < 1.29 is 4.79 Å². The normalized spacial score (nSPS) is 11.3. The van der Waals surface area contributed by atoms with Crippen LogP contribution in [-0.4, -0.2) is 49.5 Å². The number of nitrogens with two attached hydrogens (primary N) is 1. The van der Waals surface area contributed by atoms with Crippen LogP contribution in [-0.2, 0) is 4.79 Å². The fraction of sp³-hybridized carbons (Fsp3) is 0.529. The highest BCUT2D eigenvalue weighted by atomic mass is 32.2. The number of nitrogens with zero attached hydrogens (tertiary/aromatic N) is 5. The lowest BCUT2D eigenvalue weighted by Crippen LogP contribution is -2.38. The molecule has 0 bridgehead atoms. The van der Waals surface area contributed by atoms with Gasteiger partial charge in [-0.1, -0.05) is 39.5 Å². The van der Waals surface area contributed by atoms with Crippen molar-refractivity contribution in [3.8, 4) is 11.4 Å². The van der Waals surface area contributed by atoms with Crippen molar-refractivity contribution in [2.45, 2.75) is 32.9 Å². The average molecular weight is 363 g/mol. The van der Waals surface area contributed by atoms with Gasteiger partial charge in [0.15, 0.2) is 5.82 Å². The highest BCUT2D eigenvalue weighted by Gasteiger charge is 2.19. The second kappa shape index (κ2) is 8.84. The Hall–Kier alpha value is -2.09. The molecule has 7 nitrogen and oxygen atoms in total. The van der Waals surface area contributed by atoms with E-state index in [-0.39, 0.29) is 5.91 Å². The highest BCUT2D eigenvalue weighted by Crippen LogP contribution is 2.21. The van der Waals surface area contributed by atoms with Crippen molar-refractivity contribution in [3.63, 3.8) is 0 Å². The Morgan fingerprint density at radius 1 is 1.24 bits per heavy atom. The van der Waals surface area contributed by atoms with Crippen molar-refractivity contribution >= 4 is 17.7 Å². The van der Waals surface area contributed by atoms with Gasteiger partial charge in [-0.05, 0) is 24.0 Å². The zero-order valence-electron chi connectivity index (χ0n) is 15.2. The summed E-state index contributed by atoms with van der Waals surface area (Å²) in [5.74, 6) is 7.86. The number of rotatable bonds is 8. The fourth-order valence-electron chi connectivity index (χ4n) is 2.44. The standard InChI is InChI=1S/C17H26N6OS/c1-12(2)9-22(10-13(3)4)15(24)11-25-17-21-20-16(23(17)18)14-6-5-7-19-8-14/h5-8,12-13H,9-11,18H2,1-4H3. The van der Waals surface area contributed by atoms with Crippen LogP contribution in [0.15, 0.2) is 29.7 Å². The van der Waals surface area contributed by atoms with Gasteiger partial charge in [-0.3, -0.25) is 9.78 Å². The van der Waals surface area contributed by atoms with E-state index in [4.69, 9.17) is 5.84 Å². The van der Waals surface area contributed by atoms with E-state index >= 15 is 0 Å². The van der Waals surface area contributed by atoms with Crippen molar-refractivity contribution in [3.05, 3.63) is 24.5 Å². The van der Waals surface area contributed by atoms with Crippen molar-refractivity contribution in [2.24, 2.45) is 11.8 Å². The second-order valence-electron chi connectivity index (χ2n) is 6.79. The molecule has 2 rings (SSSR count). The van der Waals surface area contributed by atoms with E-state index in [0.717, 1.165) is 18.7 Å². The van der Waals surface area contributed by atoms with E-state index < -0.39 is 0 Å². The molecule has 0 fully saturated rings. The number of aromatic nitrogens is 4. The Labute approximate surface area is 153 Å². The number of hydrogen-bond donors (Lipinski definition) is 1. The topological polar surface area (TPSA) is 89.9 Å². The molecule has 0 aliphatic rings. The first-order valence-corrected chi connectivity index (χ1v) is 9.38. The van der Waals surface area contributed by atoms with Crippen LogP contribution in [0.25, 0.3) is 11.4 Å². The van der Waals surface area contributed by atoms with Gasteiger partial charge in [0.05, 0.1) is 5.75 Å². The van der Waals surface area contributed by atoms with E-state index in [1.807, 2.05) is 17.0 Å². The molecule has 0 saturated heterocycles. The molecule has 25 heavy (non-hydrogen) atoms. The van der Waals surface area contributed by atoms with Gasteiger partial charge >= 0.3 is 0 Å². The van der Waals surface area contributed by atoms with Gasteiger partial charge in [0.25, 0.3) is 0 Å². The molecule has 1 amide bonds. The highest BCUT2D eigenvalue weighted by molar-refractivity contribution is 7.99. The molecule has 0 unspecified atom stereocenters. The first kappa shape index (κ1) is 19.2. The number of hydrogen-bond acceptors (Lipinski definition) is 6. The Morgan fingerprint density at radius 2 is 1.92 bits per heavy atom. The summed E-state index contributed by atoms with van der Waals surface area (Å²) in [5, 5.41) is 8.72. The molecule has 0 aliphatic heterocycles. The summed E-state index contributed by atoms with van der Waals surface area (Å²) >= 11 is 1.31. The molecule has 0 radical (unpaired) electrons. The van der Waals surface area contributed by atoms with Crippen molar-refractivity contribution in [1.82, 2.24) is 24.8 Å². The number of amides is 1. The van der Waals surface area contributed by atoms with Crippen LogP contribution >= 0.6 is 11.8 Å². The Kier molecular flexibility index (Phi) is 6.81. The summed E-state index contributed by atoms with van der Waals surface area (Å²) in [4.78, 5) is 18.6. The van der Waals surface area contributed by atoms with E-state index in [9.17, 15) is 4.79 Å². The Bertz CT molecular complexity index is 676. The van der Waals surface area contributed by atoms with Crippen LogP contribution in [0.1, 0.15) is 27.7 Å². The van der Waals surface area contributed by atoms with Crippen LogP contribution in [0.3, 0.4) is 0 Å². The Morgan fingerprint density at radius 3 is 2.48 bits per heavy atom. The first-order valence-electron chi connectivity index (χ1n) is 8.40. The predicted molar refractivity (Wildman–Crippen MR) is 100 cm³/mol. The van der Waals surface area contributed by atoms with Crippen LogP contribution in [0.2, 0.25) is 0 Å². The maximum atomic E-state index is 12.6. The van der Waals surface area contributed by atoms with Gasteiger partial charge in [0, 0.05) is 31.0 Å². The van der Waals surface area contributed by atoms with Crippen LogP contribution in [0.4, 0.5) is 0 Å². The molecular formula is C17H26N6OS. The van der Waals surface area contributed by atoms with Crippen LogP contribution in [0, 0.1) is 11.8 Å². The van der Waals surface area contributed by atoms with E-state index in [1.54, 1.807) is 12.4 Å². The average Bonchev–Trinajstić information content (AvgIpc) is 2.92. The van der Waals surface area contributed by atoms with Crippen molar-refractivity contribution in [2.75, 3.05) is 24.7 Å². The summed E-state index contributed by atoms with van der Waals surface area (Å²) < 4.78 is 1.41. The van der Waals surface area contributed by atoms with Crippen molar-refractivity contribution in [1.29, 1.82) is 0 Å². The van der Waals surface area contributed by atoms with E-state index in [0.29, 0.717) is 28.6 Å². The number of thioether (sulfide) groups is 1. The predicted octanol–water partition coefficient (Wildman–Crippen LogP) is 2.29. The molecule has 136 valence electrons. The molecule has 2 N–H and O–H groups in total. The van der Waals surface area contributed by atoms with Gasteiger partial charge in [0.1, 0.15) is 0 Å². The third kappa shape index (κ3) is 5.45. The van der Waals surface area contributed by atoms with Gasteiger partial charge in [0.2, 0.25) is 11.1 Å². The minimum atomic E-state index is 0.0957. The van der Waals surface area contributed by atoms with E-state index in [1.165, 1.54) is 16.4 Å². The molecule has 2 aromatic rings. The SMILES string of the molecule is CC(C)CN(CC(C)C)C(=O)CSc1nnc(-c2cccnc2)n1N. The summed E-state index contributed by atoms with van der Waals surface area (Å²) in [5.41, 5.74) is 0.789. The molecule has 8 heteroatoms. The van der Waals surface area contributed by atoms with Gasteiger partial charge in [-0.25, -0.2) is 4.68 Å². The maximum absolute atomic E-state index is 12.6. The Balaban J connectivity index is 2.02. The third-order valence-corrected chi connectivity index (χ3v) is 4.36. The molecule has 0 spiro atoms. The second-order valence-corrected chi connectivity index (χ2v) is 7.74. The molecule has 0 aliphatic carbocycles. The zero-order chi connectivity index (χ0) is 18.4. The smallest absolute Gasteiger partial charge is 0.233 e. The summed E-state index contributed by atoms with van der Waals surface area (Å²) in [6.45, 7) is 9.98. The summed E-state index contributed by atoms with van der Waals surface area (Å²) in [7, 11) is 0. The van der Waals surface area contributed by atoms with Gasteiger partial charge in [-0.15, -0.1) is 10.2 Å². The third-order valence-electron chi connectivity index (χ3n) is 3.43. The zero-order valence-corrected chi connectivity index (χ0v) is 16.0. The van der Waals surface area contributed by atoms with Crippen LogP contribution in [0.5, 0.6) is 0 Å². The lowest BCUT2D eigenvalue weighted by molar-refractivity contribution is -0.129. The lowest BCUT2D eigenvalue weighted by Gasteiger charge is -2.26. The molecular weight excluding hydrogens is 336 g/mol. The minimum absolute atomic E-state index is 0.0957. The molecule has 2 aromatic heterocycles. The maximum Gasteiger partial charge on any atom is 0.233 e. The molecule has 0 aromatic carbocycles. The minimum Gasteiger partial charge on any atom is -0.341 e. The molecule has 0 atom stereocenters. The largest absolute Gasteiger partial charge is 0.341 e. The summed E-state index contributed by atoms with van der Waals surface area (Å²) in [6.07, 6.45) is 3.37. The lowest BCUT2D eigenvalue weighted by atomic mass is 10.1. The van der Waals surface area contributed by atoms with Gasteiger partial charge < -0.3 is 10.7 Å². The molecule has 2 heterocycles. The first-order chi connectivity index (χ1) is 11.9. The number of pyridine rings is 1. The van der Waals surface area contributed by atoms with Crippen LogP contribution < -0.4 is 5.84 Å². The fourth-order valence-corrected chi connectivity index (χ4v) is 3.20. The monoisotopic (exact) mass is 362 g/mol. The summed E-state index contributed by atoms with van der Waals surface area (Å²) in [6, 6.07) is 3.68. The molecule has 0 saturated carbocycles. The van der Waals surface area contributed by atoms with E-state index in [2.05, 4.69) is 42.9 Å². The van der Waals surface area contributed by atoms with Gasteiger partial charge in [-0.2, -0.15) is 0 Å². The number of nitrogen functional groups attached to an aromatic ring is 1. The number of carbonyl (C=O) groups is 1. The quantitative estimate of drug-likeness (QED) is 0.572.